The second kappa shape index (κ2) is 6.88. The number of ether oxygens (including phenoxy) is 1. The van der Waals surface area contributed by atoms with Crippen LogP contribution >= 0.6 is 0 Å². The van der Waals surface area contributed by atoms with Gasteiger partial charge in [-0.05, 0) is 45.0 Å². The number of rotatable bonds is 5. The van der Waals surface area contributed by atoms with Gasteiger partial charge >= 0.3 is 0 Å². The van der Waals surface area contributed by atoms with Gasteiger partial charge in [-0.15, -0.1) is 0 Å². The molecule has 1 aromatic heterocycles. The summed E-state index contributed by atoms with van der Waals surface area (Å²) >= 11 is 0. The van der Waals surface area contributed by atoms with Gasteiger partial charge < -0.3 is 4.74 Å². The molecule has 0 amide bonds. The highest BCUT2D eigenvalue weighted by Gasteiger charge is 2.26. The molecule has 0 radical (unpaired) electrons. The summed E-state index contributed by atoms with van der Waals surface area (Å²) < 4.78 is 5.77. The maximum Gasteiger partial charge on any atom is 0.133 e. The number of hydrogen-bond donors (Lipinski definition) is 0. The maximum absolute atomic E-state index is 5.77. The summed E-state index contributed by atoms with van der Waals surface area (Å²) in [5.74, 6) is 2.40. The van der Waals surface area contributed by atoms with Gasteiger partial charge in [-0.25, -0.2) is 9.97 Å². The van der Waals surface area contributed by atoms with Crippen molar-refractivity contribution in [1.29, 1.82) is 0 Å². The van der Waals surface area contributed by atoms with Gasteiger partial charge in [-0.1, -0.05) is 18.2 Å². The number of benzene rings is 1. The van der Waals surface area contributed by atoms with Crippen LogP contribution in [0.5, 0.6) is 5.75 Å². The summed E-state index contributed by atoms with van der Waals surface area (Å²) in [7, 11) is 0. The predicted octanol–water partition coefficient (Wildman–Crippen LogP) is 2.96. The number of aryl methyl sites for hydroxylation is 2. The number of likely N-dealkylation sites (tertiary alicyclic amines) is 1. The van der Waals surface area contributed by atoms with Crippen molar-refractivity contribution in [2.75, 3.05) is 26.2 Å². The first kappa shape index (κ1) is 15.0. The minimum absolute atomic E-state index is 0.454. The summed E-state index contributed by atoms with van der Waals surface area (Å²) in [4.78, 5) is 11.7. The van der Waals surface area contributed by atoms with Crippen molar-refractivity contribution in [3.8, 4) is 5.75 Å². The van der Waals surface area contributed by atoms with Crippen molar-refractivity contribution in [3.05, 3.63) is 53.6 Å². The molecule has 1 atom stereocenters. The SMILES string of the molecule is Cc1cc(C)nc([C@@H]2CCN(CCOc3ccccc3)C2)n1. The van der Waals surface area contributed by atoms with E-state index in [1.807, 2.05) is 50.2 Å². The number of nitrogens with zero attached hydrogens (tertiary/aromatic N) is 3. The van der Waals surface area contributed by atoms with Crippen LogP contribution in [0.1, 0.15) is 29.6 Å². The quantitative estimate of drug-likeness (QED) is 0.850. The Balaban J connectivity index is 1.50. The summed E-state index contributed by atoms with van der Waals surface area (Å²) in [6.45, 7) is 7.89. The zero-order valence-electron chi connectivity index (χ0n) is 13.3. The molecular weight excluding hydrogens is 274 g/mol. The molecule has 2 heterocycles. The van der Waals surface area contributed by atoms with Crippen molar-refractivity contribution < 1.29 is 4.74 Å². The third kappa shape index (κ3) is 3.83. The van der Waals surface area contributed by atoms with Crippen molar-refractivity contribution in [1.82, 2.24) is 14.9 Å². The molecule has 0 unspecified atom stereocenters. The minimum atomic E-state index is 0.454. The highest BCUT2D eigenvalue weighted by atomic mass is 16.5. The molecule has 1 saturated heterocycles. The van der Waals surface area contributed by atoms with E-state index in [-0.39, 0.29) is 0 Å². The fourth-order valence-electron chi connectivity index (χ4n) is 2.99. The van der Waals surface area contributed by atoms with Gasteiger partial charge in [0.15, 0.2) is 0 Å². The summed E-state index contributed by atoms with van der Waals surface area (Å²) in [5.41, 5.74) is 2.13. The monoisotopic (exact) mass is 297 g/mol. The molecule has 0 bridgehead atoms. The molecule has 0 saturated carbocycles. The molecule has 2 aromatic rings. The van der Waals surface area contributed by atoms with Crippen LogP contribution in [0.25, 0.3) is 0 Å². The van der Waals surface area contributed by atoms with Gasteiger partial charge in [0.1, 0.15) is 18.2 Å². The van der Waals surface area contributed by atoms with Gasteiger partial charge in [0, 0.05) is 30.4 Å². The lowest BCUT2D eigenvalue weighted by Crippen LogP contribution is -2.26. The van der Waals surface area contributed by atoms with Crippen LogP contribution in [-0.4, -0.2) is 41.1 Å². The standard InChI is InChI=1S/C18H23N3O/c1-14-12-15(2)20-18(19-14)16-8-9-21(13-16)10-11-22-17-6-4-3-5-7-17/h3-7,12,16H,8-11,13H2,1-2H3/t16-/m1/s1. The van der Waals surface area contributed by atoms with Crippen LogP contribution in [0.15, 0.2) is 36.4 Å². The van der Waals surface area contributed by atoms with Crippen molar-refractivity contribution in [3.63, 3.8) is 0 Å². The fourth-order valence-corrected chi connectivity index (χ4v) is 2.99. The Morgan fingerprint density at radius 2 is 1.86 bits per heavy atom. The van der Waals surface area contributed by atoms with E-state index in [0.717, 1.165) is 55.6 Å². The third-order valence-corrected chi connectivity index (χ3v) is 4.06. The Morgan fingerprint density at radius 3 is 2.59 bits per heavy atom. The van der Waals surface area contributed by atoms with E-state index >= 15 is 0 Å². The fraction of sp³-hybridized carbons (Fsp3) is 0.444. The number of aromatic nitrogens is 2. The number of hydrogen-bond acceptors (Lipinski definition) is 4. The largest absolute Gasteiger partial charge is 0.492 e. The van der Waals surface area contributed by atoms with Crippen molar-refractivity contribution >= 4 is 0 Å². The molecule has 22 heavy (non-hydrogen) atoms. The van der Waals surface area contributed by atoms with Gasteiger partial charge in [0.05, 0.1) is 0 Å². The summed E-state index contributed by atoms with van der Waals surface area (Å²) in [6.07, 6.45) is 1.13. The molecule has 0 aliphatic carbocycles. The first-order valence-electron chi connectivity index (χ1n) is 7.93. The second-order valence-corrected chi connectivity index (χ2v) is 5.96. The first-order valence-corrected chi connectivity index (χ1v) is 7.93. The zero-order chi connectivity index (χ0) is 15.4. The van der Waals surface area contributed by atoms with Gasteiger partial charge in [-0.3, -0.25) is 4.90 Å². The van der Waals surface area contributed by atoms with Crippen molar-refractivity contribution in [2.45, 2.75) is 26.2 Å². The molecule has 1 aliphatic heterocycles. The lowest BCUT2D eigenvalue weighted by atomic mass is 10.1. The van der Waals surface area contributed by atoms with Crippen LogP contribution in [0.4, 0.5) is 0 Å². The van der Waals surface area contributed by atoms with Crippen LogP contribution < -0.4 is 4.74 Å². The molecule has 4 heteroatoms. The highest BCUT2D eigenvalue weighted by molar-refractivity contribution is 5.20. The Morgan fingerprint density at radius 1 is 1.14 bits per heavy atom. The van der Waals surface area contributed by atoms with Crippen LogP contribution in [0.3, 0.4) is 0 Å². The lowest BCUT2D eigenvalue weighted by Gasteiger charge is -2.16. The minimum Gasteiger partial charge on any atom is -0.492 e. The smallest absolute Gasteiger partial charge is 0.133 e. The molecule has 1 aliphatic rings. The van der Waals surface area contributed by atoms with Crippen molar-refractivity contribution in [2.24, 2.45) is 0 Å². The third-order valence-electron chi connectivity index (χ3n) is 4.06. The van der Waals surface area contributed by atoms with E-state index in [4.69, 9.17) is 4.74 Å². The molecule has 1 aromatic carbocycles. The maximum atomic E-state index is 5.77. The van der Waals surface area contributed by atoms with E-state index in [1.54, 1.807) is 0 Å². The molecule has 3 rings (SSSR count). The van der Waals surface area contributed by atoms with E-state index < -0.39 is 0 Å². The Labute approximate surface area is 132 Å². The topological polar surface area (TPSA) is 38.2 Å². The van der Waals surface area contributed by atoms with Crippen LogP contribution in [-0.2, 0) is 0 Å². The molecule has 4 nitrogen and oxygen atoms in total. The molecular formula is C18H23N3O. The van der Waals surface area contributed by atoms with Crippen LogP contribution in [0.2, 0.25) is 0 Å². The number of para-hydroxylation sites is 1. The average molecular weight is 297 g/mol. The van der Waals surface area contributed by atoms with E-state index in [1.165, 1.54) is 0 Å². The predicted molar refractivity (Wildman–Crippen MR) is 87.2 cm³/mol. The first-order chi connectivity index (χ1) is 10.7. The molecule has 0 spiro atoms. The highest BCUT2D eigenvalue weighted by Crippen LogP contribution is 2.24. The van der Waals surface area contributed by atoms with E-state index in [9.17, 15) is 0 Å². The van der Waals surface area contributed by atoms with Gasteiger partial charge in [-0.2, -0.15) is 0 Å². The molecule has 116 valence electrons. The van der Waals surface area contributed by atoms with E-state index in [2.05, 4.69) is 14.9 Å². The van der Waals surface area contributed by atoms with E-state index in [0.29, 0.717) is 5.92 Å². The average Bonchev–Trinajstić information content (AvgIpc) is 2.96. The Hall–Kier alpha value is -1.94. The summed E-state index contributed by atoms with van der Waals surface area (Å²) in [6, 6.07) is 12.0. The normalized spacial score (nSPS) is 18.5. The molecule has 1 fully saturated rings. The van der Waals surface area contributed by atoms with Crippen LogP contribution in [0, 0.1) is 13.8 Å². The summed E-state index contributed by atoms with van der Waals surface area (Å²) in [5, 5.41) is 0. The lowest BCUT2D eigenvalue weighted by molar-refractivity contribution is 0.236. The zero-order valence-corrected chi connectivity index (χ0v) is 13.3. The van der Waals surface area contributed by atoms with Gasteiger partial charge in [0.25, 0.3) is 0 Å². The Kier molecular flexibility index (Phi) is 4.68. The van der Waals surface area contributed by atoms with Gasteiger partial charge in [0.2, 0.25) is 0 Å². The second-order valence-electron chi connectivity index (χ2n) is 5.96. The molecule has 0 N–H and O–H groups in total. The Bertz CT molecular complexity index is 595.